The first-order valence-corrected chi connectivity index (χ1v) is 9.83. The van der Waals surface area contributed by atoms with Gasteiger partial charge >= 0.3 is 0 Å². The van der Waals surface area contributed by atoms with E-state index >= 15 is 0 Å². The number of thiazole rings is 1. The van der Waals surface area contributed by atoms with Gasteiger partial charge in [0.15, 0.2) is 0 Å². The van der Waals surface area contributed by atoms with Crippen molar-refractivity contribution in [3.05, 3.63) is 45.4 Å². The van der Waals surface area contributed by atoms with Gasteiger partial charge in [-0.05, 0) is 30.0 Å². The Labute approximate surface area is 159 Å². The van der Waals surface area contributed by atoms with Crippen LogP contribution in [0.1, 0.15) is 46.7 Å². The summed E-state index contributed by atoms with van der Waals surface area (Å²) < 4.78 is 5.38. The fraction of sp³-hybridized carbons (Fsp3) is 0.500. The first-order valence-electron chi connectivity index (χ1n) is 9.01. The summed E-state index contributed by atoms with van der Waals surface area (Å²) in [6, 6.07) is 8.06. The van der Waals surface area contributed by atoms with E-state index in [-0.39, 0.29) is 11.3 Å². The predicted octanol–water partition coefficient (Wildman–Crippen LogP) is 3.83. The summed E-state index contributed by atoms with van der Waals surface area (Å²) in [6.07, 6.45) is 0. The van der Waals surface area contributed by atoms with Crippen molar-refractivity contribution < 1.29 is 9.53 Å². The number of rotatable bonds is 4. The minimum Gasteiger partial charge on any atom is -0.379 e. The van der Waals surface area contributed by atoms with Gasteiger partial charge in [0, 0.05) is 18.8 Å². The van der Waals surface area contributed by atoms with Crippen LogP contribution < -0.4 is 5.32 Å². The van der Waals surface area contributed by atoms with Crippen LogP contribution in [0.2, 0.25) is 0 Å². The molecule has 1 aromatic heterocycles. The molecule has 0 aliphatic carbocycles. The number of carbonyl (C=O) groups excluding carboxylic acids is 1. The third-order valence-electron chi connectivity index (χ3n) is 4.52. The maximum absolute atomic E-state index is 12.6. The topological polar surface area (TPSA) is 54.5 Å². The number of aryl methyl sites for hydroxylation is 1. The molecule has 1 N–H and O–H groups in total. The van der Waals surface area contributed by atoms with E-state index in [1.807, 2.05) is 19.1 Å². The summed E-state index contributed by atoms with van der Waals surface area (Å²) >= 11 is 1.48. The molecule has 0 unspecified atom stereocenters. The molecule has 1 saturated heterocycles. The second kappa shape index (κ2) is 7.86. The van der Waals surface area contributed by atoms with Crippen molar-refractivity contribution in [2.24, 2.45) is 0 Å². The van der Waals surface area contributed by atoms with Gasteiger partial charge in [0.1, 0.15) is 9.88 Å². The molecule has 1 fully saturated rings. The van der Waals surface area contributed by atoms with Crippen LogP contribution in [0.4, 0.5) is 5.69 Å². The number of morpholine rings is 1. The van der Waals surface area contributed by atoms with Crippen LogP contribution in [0, 0.1) is 6.92 Å². The fourth-order valence-corrected chi connectivity index (χ4v) is 3.92. The highest BCUT2D eigenvalue weighted by Crippen LogP contribution is 2.25. The highest BCUT2D eigenvalue weighted by molar-refractivity contribution is 7.13. The lowest BCUT2D eigenvalue weighted by atomic mass is 9.87. The Balaban J connectivity index is 1.66. The molecule has 1 amide bonds. The van der Waals surface area contributed by atoms with Gasteiger partial charge in [-0.3, -0.25) is 9.69 Å². The molecule has 2 aromatic rings. The molecule has 0 bridgehead atoms. The highest BCUT2D eigenvalue weighted by Gasteiger charge is 2.19. The van der Waals surface area contributed by atoms with Crippen molar-refractivity contribution >= 4 is 22.9 Å². The van der Waals surface area contributed by atoms with Crippen molar-refractivity contribution in [3.63, 3.8) is 0 Å². The van der Waals surface area contributed by atoms with E-state index in [0.29, 0.717) is 4.88 Å². The molecule has 26 heavy (non-hydrogen) atoms. The van der Waals surface area contributed by atoms with Crippen LogP contribution >= 0.6 is 11.3 Å². The summed E-state index contributed by atoms with van der Waals surface area (Å²) in [5.74, 6) is -0.0864. The van der Waals surface area contributed by atoms with Gasteiger partial charge in [-0.2, -0.15) is 0 Å². The number of anilines is 1. The normalized spacial score (nSPS) is 15.8. The zero-order chi connectivity index (χ0) is 18.7. The Morgan fingerprint density at radius 2 is 1.88 bits per heavy atom. The molecule has 0 spiro atoms. The lowest BCUT2D eigenvalue weighted by molar-refractivity contribution is 0.0341. The van der Waals surface area contributed by atoms with Crippen LogP contribution in [0.25, 0.3) is 0 Å². The van der Waals surface area contributed by atoms with Gasteiger partial charge in [-0.25, -0.2) is 4.98 Å². The first kappa shape index (κ1) is 19.0. The summed E-state index contributed by atoms with van der Waals surface area (Å²) in [4.78, 5) is 20.2. The largest absolute Gasteiger partial charge is 0.379 e. The molecule has 1 aliphatic rings. The second-order valence-electron chi connectivity index (χ2n) is 7.69. The Morgan fingerprint density at radius 3 is 2.50 bits per heavy atom. The van der Waals surface area contributed by atoms with Crippen molar-refractivity contribution in [2.45, 2.75) is 39.7 Å². The van der Waals surface area contributed by atoms with Crippen LogP contribution in [0.5, 0.6) is 0 Å². The highest BCUT2D eigenvalue weighted by atomic mass is 32.1. The van der Waals surface area contributed by atoms with E-state index in [1.165, 1.54) is 16.9 Å². The van der Waals surface area contributed by atoms with Crippen molar-refractivity contribution in [3.8, 4) is 0 Å². The molecular weight excluding hydrogens is 346 g/mol. The zero-order valence-electron chi connectivity index (χ0n) is 16.0. The van der Waals surface area contributed by atoms with E-state index in [2.05, 4.69) is 48.1 Å². The molecule has 3 rings (SSSR count). The van der Waals surface area contributed by atoms with Crippen molar-refractivity contribution in [1.29, 1.82) is 0 Å². The number of benzene rings is 1. The minimum absolute atomic E-state index is 0.0864. The second-order valence-corrected chi connectivity index (χ2v) is 8.78. The average molecular weight is 374 g/mol. The monoisotopic (exact) mass is 373 g/mol. The molecule has 1 aliphatic heterocycles. The molecule has 5 nitrogen and oxygen atoms in total. The summed E-state index contributed by atoms with van der Waals surface area (Å²) in [7, 11) is 0. The van der Waals surface area contributed by atoms with Crippen LogP contribution in [0.15, 0.2) is 24.3 Å². The number of carbonyl (C=O) groups is 1. The van der Waals surface area contributed by atoms with Gasteiger partial charge in [0.25, 0.3) is 5.91 Å². The number of ether oxygens (including phenoxy) is 1. The lowest BCUT2D eigenvalue weighted by Gasteiger charge is -2.25. The maximum atomic E-state index is 12.6. The number of amides is 1. The number of nitrogens with zero attached hydrogens (tertiary/aromatic N) is 2. The Morgan fingerprint density at radius 1 is 1.23 bits per heavy atom. The summed E-state index contributed by atoms with van der Waals surface area (Å²) in [6.45, 7) is 12.6. The van der Waals surface area contributed by atoms with Gasteiger partial charge < -0.3 is 10.1 Å². The summed E-state index contributed by atoms with van der Waals surface area (Å²) in [5, 5.41) is 3.98. The van der Waals surface area contributed by atoms with Gasteiger partial charge in [0.05, 0.1) is 25.5 Å². The van der Waals surface area contributed by atoms with E-state index in [1.54, 1.807) is 0 Å². The average Bonchev–Trinajstić information content (AvgIpc) is 2.96. The number of aromatic nitrogens is 1. The Hall–Kier alpha value is -1.76. The van der Waals surface area contributed by atoms with Crippen molar-refractivity contribution in [1.82, 2.24) is 9.88 Å². The molecule has 2 heterocycles. The Kier molecular flexibility index (Phi) is 5.75. The van der Waals surface area contributed by atoms with Gasteiger partial charge in [-0.1, -0.05) is 32.9 Å². The molecule has 1 aromatic carbocycles. The van der Waals surface area contributed by atoms with Crippen LogP contribution in [-0.2, 0) is 16.7 Å². The fourth-order valence-electron chi connectivity index (χ4n) is 2.92. The van der Waals surface area contributed by atoms with E-state index < -0.39 is 0 Å². The number of nitrogens with one attached hydrogen (secondary N) is 1. The third kappa shape index (κ3) is 4.69. The number of hydrogen-bond acceptors (Lipinski definition) is 5. The zero-order valence-corrected chi connectivity index (χ0v) is 16.8. The minimum atomic E-state index is -0.0864. The molecule has 0 saturated carbocycles. The van der Waals surface area contributed by atoms with Crippen LogP contribution in [-0.4, -0.2) is 42.1 Å². The quantitative estimate of drug-likeness (QED) is 0.885. The van der Waals surface area contributed by atoms with E-state index in [4.69, 9.17) is 4.74 Å². The van der Waals surface area contributed by atoms with Gasteiger partial charge in [-0.15, -0.1) is 11.3 Å². The molecule has 6 heteroatoms. The standard InChI is InChI=1S/C20H27N3O2S/c1-14-18(26-17(21-14)13-23-9-11-25-12-10-23)19(24)22-16-7-5-15(6-8-16)20(2,3)4/h5-8H,9-13H2,1-4H3,(H,22,24). The third-order valence-corrected chi connectivity index (χ3v) is 5.66. The van der Waals surface area contributed by atoms with E-state index in [0.717, 1.165) is 49.2 Å². The molecule has 0 atom stereocenters. The molecule has 140 valence electrons. The van der Waals surface area contributed by atoms with Gasteiger partial charge in [0.2, 0.25) is 0 Å². The maximum Gasteiger partial charge on any atom is 0.267 e. The van der Waals surface area contributed by atoms with Crippen LogP contribution in [0.3, 0.4) is 0 Å². The number of hydrogen-bond donors (Lipinski definition) is 1. The molecular formula is C20H27N3O2S. The van der Waals surface area contributed by atoms with Crippen molar-refractivity contribution in [2.75, 3.05) is 31.6 Å². The first-order chi connectivity index (χ1) is 12.3. The Bertz CT molecular complexity index is 756. The van der Waals surface area contributed by atoms with E-state index in [9.17, 15) is 4.79 Å². The predicted molar refractivity (Wildman–Crippen MR) is 106 cm³/mol. The molecule has 0 radical (unpaired) electrons. The smallest absolute Gasteiger partial charge is 0.267 e. The SMILES string of the molecule is Cc1nc(CN2CCOCC2)sc1C(=O)Nc1ccc(C(C)(C)C)cc1. The lowest BCUT2D eigenvalue weighted by Crippen LogP contribution is -2.35. The summed E-state index contributed by atoms with van der Waals surface area (Å²) in [5.41, 5.74) is 2.95.